The minimum absolute atomic E-state index is 0.0503. The highest BCUT2D eigenvalue weighted by atomic mass is 35.5. The molecule has 1 aliphatic heterocycles. The van der Waals surface area contributed by atoms with E-state index in [1.54, 1.807) is 11.0 Å². The number of nitro benzene ring substituents is 1. The normalized spacial score (nSPS) is 16.2. The number of thioether (sulfide) groups is 1. The molecule has 1 atom stereocenters. The summed E-state index contributed by atoms with van der Waals surface area (Å²) in [6.45, 7) is 9.16. The molecular weight excluding hydrogens is 490 g/mol. The van der Waals surface area contributed by atoms with Crippen LogP contribution in [0.1, 0.15) is 44.5 Å². The third-order valence-corrected chi connectivity index (χ3v) is 7.32. The van der Waals surface area contributed by atoms with E-state index in [-0.39, 0.29) is 29.0 Å². The van der Waals surface area contributed by atoms with Crippen LogP contribution in [-0.2, 0) is 9.53 Å². The monoisotopic (exact) mass is 519 g/mol. The molecule has 35 heavy (non-hydrogen) atoms. The van der Waals surface area contributed by atoms with Crippen molar-refractivity contribution < 1.29 is 19.2 Å². The molecule has 1 aliphatic rings. The van der Waals surface area contributed by atoms with E-state index in [9.17, 15) is 19.7 Å². The van der Waals surface area contributed by atoms with E-state index in [4.69, 9.17) is 16.3 Å². The van der Waals surface area contributed by atoms with Crippen molar-refractivity contribution in [1.29, 1.82) is 0 Å². The Bertz CT molecular complexity index is 1110. The Balaban J connectivity index is 1.68. The molecule has 1 heterocycles. The van der Waals surface area contributed by atoms with Gasteiger partial charge in [-0.05, 0) is 57.5 Å². The predicted octanol–water partition coefficient (Wildman–Crippen LogP) is 5.42. The number of carbonyl (C=O) groups excluding carboxylic acids is 2. The fourth-order valence-electron chi connectivity index (χ4n) is 3.82. The third-order valence-electron chi connectivity index (χ3n) is 6.04. The number of esters is 1. The highest BCUT2D eigenvalue weighted by molar-refractivity contribution is 8.00. The minimum Gasteiger partial charge on any atom is -0.459 e. The average Bonchev–Trinajstić information content (AvgIpc) is 2.81. The molecule has 0 unspecified atom stereocenters. The molecule has 188 valence electrons. The summed E-state index contributed by atoms with van der Waals surface area (Å²) in [6.07, 6.45) is 0.659. The van der Waals surface area contributed by atoms with Gasteiger partial charge in [0, 0.05) is 48.0 Å². The number of nitrogens with zero attached hydrogens (tertiary/aromatic N) is 3. The van der Waals surface area contributed by atoms with Gasteiger partial charge in [0.25, 0.3) is 11.6 Å². The second kappa shape index (κ2) is 11.3. The van der Waals surface area contributed by atoms with E-state index in [2.05, 4.69) is 4.90 Å². The summed E-state index contributed by atoms with van der Waals surface area (Å²) in [7, 11) is 0. The maximum Gasteiger partial charge on any atom is 0.316 e. The van der Waals surface area contributed by atoms with Crippen LogP contribution < -0.4 is 4.90 Å². The first-order valence-electron chi connectivity index (χ1n) is 11.5. The molecule has 3 rings (SSSR count). The molecule has 0 bridgehead atoms. The Hall–Kier alpha value is -2.78. The van der Waals surface area contributed by atoms with Crippen molar-refractivity contribution >= 4 is 46.6 Å². The minimum atomic E-state index is -0.589. The van der Waals surface area contributed by atoms with Crippen LogP contribution in [0.4, 0.5) is 11.4 Å². The molecular formula is C25H30ClN3O5S. The van der Waals surface area contributed by atoms with Crippen LogP contribution in [0.2, 0.25) is 5.02 Å². The molecule has 1 amide bonds. The summed E-state index contributed by atoms with van der Waals surface area (Å²) in [5, 5.41) is 12.4. The van der Waals surface area contributed by atoms with Crippen LogP contribution in [0, 0.1) is 10.1 Å². The van der Waals surface area contributed by atoms with Gasteiger partial charge in [-0.25, -0.2) is 0 Å². The number of nitro groups is 1. The van der Waals surface area contributed by atoms with Gasteiger partial charge in [-0.2, -0.15) is 0 Å². The van der Waals surface area contributed by atoms with E-state index >= 15 is 0 Å². The molecule has 0 aromatic heterocycles. The summed E-state index contributed by atoms with van der Waals surface area (Å²) < 4.78 is 5.41. The maximum absolute atomic E-state index is 13.2. The van der Waals surface area contributed by atoms with E-state index in [1.165, 1.54) is 12.1 Å². The number of ether oxygens (including phenoxy) is 1. The van der Waals surface area contributed by atoms with Gasteiger partial charge in [0.15, 0.2) is 0 Å². The van der Waals surface area contributed by atoms with Crippen molar-refractivity contribution in [1.82, 2.24) is 4.90 Å². The molecule has 10 heteroatoms. The molecule has 0 aliphatic carbocycles. The van der Waals surface area contributed by atoms with Crippen LogP contribution in [0.5, 0.6) is 0 Å². The summed E-state index contributed by atoms with van der Waals surface area (Å²) in [4.78, 5) is 40.7. The van der Waals surface area contributed by atoms with Crippen LogP contribution in [0.3, 0.4) is 0 Å². The van der Waals surface area contributed by atoms with E-state index in [0.29, 0.717) is 36.0 Å². The fraction of sp³-hybridized carbons (Fsp3) is 0.440. The van der Waals surface area contributed by atoms with Crippen molar-refractivity contribution in [2.75, 3.05) is 30.3 Å². The Morgan fingerprint density at radius 1 is 1.23 bits per heavy atom. The van der Waals surface area contributed by atoms with E-state index < -0.39 is 16.5 Å². The first-order chi connectivity index (χ1) is 16.5. The van der Waals surface area contributed by atoms with Crippen molar-refractivity contribution in [3.8, 4) is 0 Å². The Morgan fingerprint density at radius 2 is 1.97 bits per heavy atom. The Morgan fingerprint density at radius 3 is 2.60 bits per heavy atom. The lowest BCUT2D eigenvalue weighted by molar-refractivity contribution is -0.387. The van der Waals surface area contributed by atoms with Crippen molar-refractivity contribution in [2.45, 2.75) is 50.7 Å². The summed E-state index contributed by atoms with van der Waals surface area (Å²) in [5.74, 6) is -0.755. The second-order valence-corrected chi connectivity index (χ2v) is 10.5. The number of halogens is 1. The quantitative estimate of drug-likeness (QED) is 0.199. The summed E-state index contributed by atoms with van der Waals surface area (Å²) in [5.41, 5.74) is 0.455. The predicted molar refractivity (Wildman–Crippen MR) is 138 cm³/mol. The molecule has 0 saturated carbocycles. The van der Waals surface area contributed by atoms with E-state index in [1.807, 2.05) is 52.0 Å². The number of hydrogen-bond acceptors (Lipinski definition) is 7. The number of hydrogen-bond donors (Lipinski definition) is 0. The highest BCUT2D eigenvalue weighted by Gasteiger charge is 2.29. The SMILES string of the molecule is CCC(C)(C)OC(=O)CSc1ccc(C(=O)N2CCN(c3cccc(Cl)c3)[C@H](C)C2)cc1[N+](=O)[O-]. The lowest BCUT2D eigenvalue weighted by Gasteiger charge is -2.41. The third kappa shape index (κ3) is 6.89. The maximum atomic E-state index is 13.2. The van der Waals surface area contributed by atoms with Gasteiger partial charge in [0.2, 0.25) is 0 Å². The van der Waals surface area contributed by atoms with Crippen LogP contribution in [0.15, 0.2) is 47.4 Å². The molecule has 0 spiro atoms. The summed E-state index contributed by atoms with van der Waals surface area (Å²) in [6, 6.07) is 12.0. The zero-order valence-corrected chi connectivity index (χ0v) is 21.9. The first kappa shape index (κ1) is 26.8. The number of carbonyl (C=O) groups is 2. The molecule has 0 N–H and O–H groups in total. The first-order valence-corrected chi connectivity index (χ1v) is 12.8. The largest absolute Gasteiger partial charge is 0.459 e. The van der Waals surface area contributed by atoms with Crippen molar-refractivity contribution in [3.63, 3.8) is 0 Å². The van der Waals surface area contributed by atoms with Crippen LogP contribution in [0.25, 0.3) is 0 Å². The molecule has 2 aromatic rings. The van der Waals surface area contributed by atoms with Crippen LogP contribution in [-0.4, -0.2) is 58.7 Å². The number of anilines is 1. The van der Waals surface area contributed by atoms with Gasteiger partial charge >= 0.3 is 5.97 Å². The molecule has 8 nitrogen and oxygen atoms in total. The fourth-order valence-corrected chi connectivity index (χ4v) is 4.79. The van der Waals surface area contributed by atoms with Crippen molar-refractivity contribution in [2.24, 2.45) is 0 Å². The second-order valence-electron chi connectivity index (χ2n) is 9.09. The molecule has 0 radical (unpaired) electrons. The number of piperazine rings is 1. The summed E-state index contributed by atoms with van der Waals surface area (Å²) >= 11 is 7.16. The van der Waals surface area contributed by atoms with Gasteiger partial charge in [-0.1, -0.05) is 24.6 Å². The van der Waals surface area contributed by atoms with Crippen LogP contribution >= 0.6 is 23.4 Å². The highest BCUT2D eigenvalue weighted by Crippen LogP contribution is 2.32. The Labute approximate surface area is 214 Å². The number of rotatable bonds is 8. The Kier molecular flexibility index (Phi) is 8.66. The van der Waals surface area contributed by atoms with Gasteiger partial charge in [0.1, 0.15) is 5.60 Å². The topological polar surface area (TPSA) is 93.0 Å². The molecule has 2 aromatic carbocycles. The van der Waals surface area contributed by atoms with Crippen molar-refractivity contribution in [3.05, 3.63) is 63.2 Å². The van der Waals surface area contributed by atoms with E-state index in [0.717, 1.165) is 17.4 Å². The smallest absolute Gasteiger partial charge is 0.316 e. The molecule has 1 fully saturated rings. The standard InChI is InChI=1S/C25H30ClN3O5S/c1-5-25(3,4)34-23(30)16-35-22-10-9-18(13-21(22)29(32)33)24(31)27-11-12-28(17(2)15-27)20-8-6-7-19(26)14-20/h6-10,13-14,17H,5,11-12,15-16H2,1-4H3/t17-/m1/s1. The van der Waals surface area contributed by atoms with Gasteiger partial charge in [-0.15, -0.1) is 11.8 Å². The lowest BCUT2D eigenvalue weighted by atomic mass is 10.1. The average molecular weight is 520 g/mol. The number of amides is 1. The molecule has 1 saturated heterocycles. The zero-order chi connectivity index (χ0) is 25.8. The van der Waals surface area contributed by atoms with Gasteiger partial charge in [0.05, 0.1) is 15.6 Å². The lowest BCUT2D eigenvalue weighted by Crippen LogP contribution is -2.53. The zero-order valence-electron chi connectivity index (χ0n) is 20.3. The van der Waals surface area contributed by atoms with Gasteiger partial charge < -0.3 is 14.5 Å². The number of benzene rings is 2. The van der Waals surface area contributed by atoms with Gasteiger partial charge in [-0.3, -0.25) is 19.7 Å².